The third-order valence-corrected chi connectivity index (χ3v) is 7.65. The van der Waals surface area contributed by atoms with Gasteiger partial charge in [0.2, 0.25) is 0 Å². The molecule has 3 rings (SSSR count). The number of rotatable bonds is 18. The van der Waals surface area contributed by atoms with E-state index in [1.165, 1.54) is 110 Å². The van der Waals surface area contributed by atoms with E-state index in [1.807, 2.05) is 0 Å². The zero-order chi connectivity index (χ0) is 27.0. The molecule has 0 spiro atoms. The van der Waals surface area contributed by atoms with E-state index in [2.05, 4.69) is 74.5 Å². The number of ether oxygens (including phenoxy) is 2. The van der Waals surface area contributed by atoms with E-state index in [0.29, 0.717) is 0 Å². The first-order chi connectivity index (χ1) is 18.7. The minimum Gasteiger partial charge on any atom is -0.496 e. The summed E-state index contributed by atoms with van der Waals surface area (Å²) in [6, 6.07) is 22.2. The van der Waals surface area contributed by atoms with Gasteiger partial charge in [0.25, 0.3) is 0 Å². The molecule has 0 aliphatic carbocycles. The fraction of sp³-hybridized carbons (Fsp3) is 0.500. The summed E-state index contributed by atoms with van der Waals surface area (Å²) in [6.07, 6.45) is 18.1. The van der Waals surface area contributed by atoms with E-state index in [0.717, 1.165) is 24.3 Å². The number of benzene rings is 3. The standard InChI is InChI=1S/C36H50O2/c1-5-7-9-11-13-15-18-29-22-24-35(37-3)33(26-29)31-20-17-21-32(28-31)34-27-30(23-25-36(34)38-4)19-16-14-12-10-8-6-2/h17,20-28H,5-16,18-19H2,1-4H3. The summed E-state index contributed by atoms with van der Waals surface area (Å²) in [5.41, 5.74) is 7.49. The van der Waals surface area contributed by atoms with E-state index in [1.54, 1.807) is 14.2 Å². The maximum atomic E-state index is 5.79. The Balaban J connectivity index is 1.77. The number of unbranched alkanes of at least 4 members (excludes halogenated alkanes) is 10. The molecule has 0 aliphatic rings. The fourth-order valence-electron chi connectivity index (χ4n) is 5.35. The Hall–Kier alpha value is -2.74. The third kappa shape index (κ3) is 9.22. The predicted molar refractivity (Wildman–Crippen MR) is 165 cm³/mol. The highest BCUT2D eigenvalue weighted by molar-refractivity contribution is 5.79. The van der Waals surface area contributed by atoms with Crippen LogP contribution < -0.4 is 9.47 Å². The highest BCUT2D eigenvalue weighted by atomic mass is 16.5. The highest BCUT2D eigenvalue weighted by Gasteiger charge is 2.12. The summed E-state index contributed by atoms with van der Waals surface area (Å²) in [5, 5.41) is 0. The molecule has 206 valence electrons. The topological polar surface area (TPSA) is 18.5 Å². The van der Waals surface area contributed by atoms with Crippen LogP contribution in [0.5, 0.6) is 11.5 Å². The Morgan fingerprint density at radius 3 is 1.32 bits per heavy atom. The molecule has 0 saturated carbocycles. The van der Waals surface area contributed by atoms with Gasteiger partial charge in [-0.1, -0.05) is 108 Å². The average Bonchev–Trinajstić information content (AvgIpc) is 2.96. The van der Waals surface area contributed by atoms with Crippen LogP contribution in [0.4, 0.5) is 0 Å². The van der Waals surface area contributed by atoms with Crippen molar-refractivity contribution >= 4 is 0 Å². The third-order valence-electron chi connectivity index (χ3n) is 7.65. The normalized spacial score (nSPS) is 11.1. The first kappa shape index (κ1) is 29.8. The summed E-state index contributed by atoms with van der Waals surface area (Å²) in [4.78, 5) is 0. The Kier molecular flexibility index (Phi) is 13.3. The van der Waals surface area contributed by atoms with E-state index in [4.69, 9.17) is 9.47 Å². The van der Waals surface area contributed by atoms with Gasteiger partial charge in [-0.25, -0.2) is 0 Å². The lowest BCUT2D eigenvalue weighted by Gasteiger charge is -2.15. The Morgan fingerprint density at radius 1 is 0.474 bits per heavy atom. The molecule has 0 amide bonds. The van der Waals surface area contributed by atoms with Gasteiger partial charge in [0.05, 0.1) is 14.2 Å². The van der Waals surface area contributed by atoms with Gasteiger partial charge in [-0.2, -0.15) is 0 Å². The van der Waals surface area contributed by atoms with Crippen molar-refractivity contribution in [1.82, 2.24) is 0 Å². The molecule has 38 heavy (non-hydrogen) atoms. The molecule has 3 aromatic rings. The Morgan fingerprint density at radius 2 is 0.895 bits per heavy atom. The first-order valence-electron chi connectivity index (χ1n) is 15.1. The molecule has 0 heterocycles. The maximum absolute atomic E-state index is 5.79. The van der Waals surface area contributed by atoms with Gasteiger partial charge in [0.1, 0.15) is 11.5 Å². The largest absolute Gasteiger partial charge is 0.496 e. The molecular weight excluding hydrogens is 464 g/mol. The number of hydrogen-bond acceptors (Lipinski definition) is 2. The van der Waals surface area contributed by atoms with Crippen molar-refractivity contribution in [3.8, 4) is 33.8 Å². The van der Waals surface area contributed by atoms with E-state index >= 15 is 0 Å². The predicted octanol–water partition coefficient (Wildman–Crippen LogP) is 10.8. The van der Waals surface area contributed by atoms with Crippen molar-refractivity contribution in [2.45, 2.75) is 104 Å². The van der Waals surface area contributed by atoms with Crippen LogP contribution in [0.15, 0.2) is 60.7 Å². The van der Waals surface area contributed by atoms with Crippen LogP contribution in [0, 0.1) is 0 Å². The molecule has 0 aromatic heterocycles. The first-order valence-corrected chi connectivity index (χ1v) is 15.1. The fourth-order valence-corrected chi connectivity index (χ4v) is 5.35. The minimum atomic E-state index is 0.928. The Labute approximate surface area is 232 Å². The van der Waals surface area contributed by atoms with Gasteiger partial charge in [-0.05, 0) is 78.3 Å². The molecule has 2 nitrogen and oxygen atoms in total. The number of aryl methyl sites for hydroxylation is 2. The SMILES string of the molecule is CCCCCCCCc1ccc(OC)c(-c2cccc(-c3cc(CCCCCCCC)ccc3OC)c2)c1. The average molecular weight is 515 g/mol. The molecule has 0 aliphatic heterocycles. The summed E-state index contributed by atoms with van der Waals surface area (Å²) >= 11 is 0. The van der Waals surface area contributed by atoms with Crippen LogP contribution in [-0.4, -0.2) is 14.2 Å². The van der Waals surface area contributed by atoms with Crippen molar-refractivity contribution in [2.24, 2.45) is 0 Å². The second-order valence-electron chi connectivity index (χ2n) is 10.7. The molecule has 0 radical (unpaired) electrons. The highest BCUT2D eigenvalue weighted by Crippen LogP contribution is 2.37. The lowest BCUT2D eigenvalue weighted by molar-refractivity contribution is 0.416. The molecule has 3 aromatic carbocycles. The van der Waals surface area contributed by atoms with Crippen molar-refractivity contribution in [2.75, 3.05) is 14.2 Å². The van der Waals surface area contributed by atoms with Crippen LogP contribution in [0.25, 0.3) is 22.3 Å². The summed E-state index contributed by atoms with van der Waals surface area (Å²) in [5.74, 6) is 1.86. The quantitative estimate of drug-likeness (QED) is 0.157. The lowest BCUT2D eigenvalue weighted by Crippen LogP contribution is -1.94. The second-order valence-corrected chi connectivity index (χ2v) is 10.7. The molecule has 2 heteroatoms. The summed E-state index contributed by atoms with van der Waals surface area (Å²) in [7, 11) is 3.54. The monoisotopic (exact) mass is 514 g/mol. The summed E-state index contributed by atoms with van der Waals surface area (Å²) in [6.45, 7) is 4.55. The lowest BCUT2D eigenvalue weighted by atomic mass is 9.94. The minimum absolute atomic E-state index is 0.928. The van der Waals surface area contributed by atoms with Crippen LogP contribution in [0.2, 0.25) is 0 Å². The van der Waals surface area contributed by atoms with Crippen molar-refractivity contribution in [1.29, 1.82) is 0 Å². The molecule has 0 bridgehead atoms. The zero-order valence-electron chi connectivity index (χ0n) is 24.5. The molecule has 0 N–H and O–H groups in total. The molecular formula is C36H50O2. The van der Waals surface area contributed by atoms with Gasteiger partial charge in [-0.15, -0.1) is 0 Å². The van der Waals surface area contributed by atoms with Gasteiger partial charge < -0.3 is 9.47 Å². The van der Waals surface area contributed by atoms with Crippen LogP contribution in [-0.2, 0) is 12.8 Å². The van der Waals surface area contributed by atoms with Crippen molar-refractivity contribution in [3.63, 3.8) is 0 Å². The van der Waals surface area contributed by atoms with Crippen LogP contribution in [0.1, 0.15) is 102 Å². The number of hydrogen-bond donors (Lipinski definition) is 0. The molecule has 0 saturated heterocycles. The Bertz CT molecular complexity index is 1000. The second kappa shape index (κ2) is 17.0. The van der Waals surface area contributed by atoms with E-state index in [-0.39, 0.29) is 0 Å². The molecule has 0 fully saturated rings. The van der Waals surface area contributed by atoms with Crippen molar-refractivity contribution in [3.05, 3.63) is 71.8 Å². The van der Waals surface area contributed by atoms with Crippen molar-refractivity contribution < 1.29 is 9.47 Å². The van der Waals surface area contributed by atoms with Crippen LogP contribution in [0.3, 0.4) is 0 Å². The van der Waals surface area contributed by atoms with Gasteiger partial charge in [-0.3, -0.25) is 0 Å². The van der Waals surface area contributed by atoms with Gasteiger partial charge in [0.15, 0.2) is 0 Å². The maximum Gasteiger partial charge on any atom is 0.126 e. The van der Waals surface area contributed by atoms with Gasteiger partial charge >= 0.3 is 0 Å². The van der Waals surface area contributed by atoms with E-state index < -0.39 is 0 Å². The smallest absolute Gasteiger partial charge is 0.126 e. The summed E-state index contributed by atoms with van der Waals surface area (Å²) < 4.78 is 11.6. The zero-order valence-corrected chi connectivity index (χ0v) is 24.5. The van der Waals surface area contributed by atoms with E-state index in [9.17, 15) is 0 Å². The van der Waals surface area contributed by atoms with Crippen LogP contribution >= 0.6 is 0 Å². The van der Waals surface area contributed by atoms with Gasteiger partial charge in [0, 0.05) is 11.1 Å². The number of methoxy groups -OCH3 is 2. The molecule has 0 unspecified atom stereocenters. The molecule has 0 atom stereocenters.